The van der Waals surface area contributed by atoms with Gasteiger partial charge >= 0.3 is 17.9 Å². The highest BCUT2D eigenvalue weighted by atomic mass is 16.7. The average Bonchev–Trinajstić information content (AvgIpc) is 3.44. The van der Waals surface area contributed by atoms with E-state index >= 15 is 0 Å². The summed E-state index contributed by atoms with van der Waals surface area (Å²) in [5.41, 5.74) is 0. The van der Waals surface area contributed by atoms with E-state index in [4.69, 9.17) is 18.9 Å². The summed E-state index contributed by atoms with van der Waals surface area (Å²) in [6.07, 6.45) is 85.6. The molecule has 0 rings (SSSR count). The van der Waals surface area contributed by atoms with Gasteiger partial charge in [-0.2, -0.15) is 0 Å². The zero-order valence-electron chi connectivity index (χ0n) is 52.4. The Kier molecular flexibility index (Phi) is 58.0. The van der Waals surface area contributed by atoms with Crippen LogP contribution in [0.2, 0.25) is 0 Å². The summed E-state index contributed by atoms with van der Waals surface area (Å²) < 4.78 is 22.9. The van der Waals surface area contributed by atoms with Crippen molar-refractivity contribution in [3.8, 4) is 0 Å². The molecule has 460 valence electrons. The zero-order chi connectivity index (χ0) is 59.1. The van der Waals surface area contributed by atoms with Gasteiger partial charge in [0.15, 0.2) is 6.10 Å². The van der Waals surface area contributed by atoms with Gasteiger partial charge in [0.25, 0.3) is 6.29 Å². The Bertz CT molecular complexity index is 1790. The minimum atomic E-state index is -1.52. The third kappa shape index (κ3) is 62.9. The highest BCUT2D eigenvalue weighted by Gasteiger charge is 2.25. The van der Waals surface area contributed by atoms with Crippen molar-refractivity contribution in [1.82, 2.24) is 0 Å². The Hall–Kier alpha value is -4.57. The number of carboxylic acids is 1. The molecular formula is C72H120NO8+. The molecule has 1 N–H and O–H groups in total. The first-order chi connectivity index (χ1) is 39.6. The van der Waals surface area contributed by atoms with E-state index < -0.39 is 24.3 Å². The fraction of sp³-hybridized carbons (Fsp3) is 0.653. The molecule has 0 aromatic heterocycles. The second-order valence-electron chi connectivity index (χ2n) is 22.3. The predicted octanol–water partition coefficient (Wildman–Crippen LogP) is 19.8. The van der Waals surface area contributed by atoms with Crippen LogP contribution in [-0.4, -0.2) is 87.4 Å². The van der Waals surface area contributed by atoms with Crippen molar-refractivity contribution in [2.45, 2.75) is 257 Å². The SMILES string of the molecule is CC/C=C\C/C=C\C/C=C\C/C=C\C/C=C\C/C=C\C/C=C\C/C=C\CCCCCCCCCCCCCCCCCCC(=O)OC(COC(=O)CCCCCCC/C=C\C/C=C\C/C=C\CC)COC(OCC[N+](C)(C)C)C(=O)O. The van der Waals surface area contributed by atoms with Crippen LogP contribution in [0.5, 0.6) is 0 Å². The molecule has 0 heterocycles. The van der Waals surface area contributed by atoms with Gasteiger partial charge in [0.2, 0.25) is 0 Å². The van der Waals surface area contributed by atoms with E-state index in [1.165, 1.54) is 83.5 Å². The van der Waals surface area contributed by atoms with Gasteiger partial charge in [-0.1, -0.05) is 257 Å². The molecule has 81 heavy (non-hydrogen) atoms. The molecule has 0 aliphatic heterocycles. The maximum Gasteiger partial charge on any atom is 0.361 e. The van der Waals surface area contributed by atoms with E-state index in [0.717, 1.165) is 128 Å². The Morgan fingerprint density at radius 3 is 0.988 bits per heavy atom. The Morgan fingerprint density at radius 1 is 0.370 bits per heavy atom. The number of carbonyl (C=O) groups excluding carboxylic acids is 2. The van der Waals surface area contributed by atoms with Gasteiger partial charge < -0.3 is 28.5 Å². The number of carbonyl (C=O) groups is 3. The van der Waals surface area contributed by atoms with Crippen molar-refractivity contribution < 1.29 is 42.9 Å². The summed E-state index contributed by atoms with van der Waals surface area (Å²) in [4.78, 5) is 37.4. The highest BCUT2D eigenvalue weighted by Crippen LogP contribution is 2.16. The van der Waals surface area contributed by atoms with Crippen LogP contribution in [0.4, 0.5) is 0 Å². The summed E-state index contributed by atoms with van der Waals surface area (Å²) in [5, 5.41) is 9.71. The standard InChI is InChI=1S/C72H119NO8/c1-6-8-10-12-14-16-18-20-22-23-24-25-26-27-28-29-30-31-32-33-34-35-36-37-38-39-40-41-42-43-44-45-46-47-49-51-53-55-57-59-61-63-70(75)81-68(67-80-72(71(76)77)78-65-64-73(3,4)5)66-79-69(74)62-60-58-56-54-52-50-48-21-19-17-15-13-11-9-7-2/h8-11,14-17,20-22,24-25,27-28,30-31,33-34,36-37,48,68,72H,6-7,12-13,18-19,23,26,29,32,35,38-47,49-67H2,1-5H3/p+1/b10-8-,11-9-,16-14-,17-15-,22-20-,25-24-,28-27-,31-30-,34-33-,37-36-,48-21-. The minimum absolute atomic E-state index is 0.180. The second-order valence-corrected chi connectivity index (χ2v) is 22.3. The zero-order valence-corrected chi connectivity index (χ0v) is 52.4. The van der Waals surface area contributed by atoms with Crippen LogP contribution < -0.4 is 0 Å². The van der Waals surface area contributed by atoms with Crippen LogP contribution in [0.1, 0.15) is 245 Å². The van der Waals surface area contributed by atoms with E-state index in [2.05, 4.69) is 148 Å². The molecule has 0 aliphatic rings. The molecular weight excluding hydrogens is 1010 g/mol. The third-order valence-corrected chi connectivity index (χ3v) is 13.4. The molecule has 9 heteroatoms. The normalized spacial score (nSPS) is 13.6. The van der Waals surface area contributed by atoms with Gasteiger partial charge in [-0.3, -0.25) is 9.59 Å². The smallest absolute Gasteiger partial charge is 0.361 e. The molecule has 9 nitrogen and oxygen atoms in total. The van der Waals surface area contributed by atoms with Crippen molar-refractivity contribution in [3.63, 3.8) is 0 Å². The molecule has 0 bridgehead atoms. The molecule has 0 amide bonds. The van der Waals surface area contributed by atoms with Gasteiger partial charge in [0, 0.05) is 12.8 Å². The third-order valence-electron chi connectivity index (χ3n) is 13.4. The fourth-order valence-electron chi connectivity index (χ4n) is 8.51. The number of likely N-dealkylation sites (N-methyl/N-ethyl adjacent to an activating group) is 1. The predicted molar refractivity (Wildman–Crippen MR) is 345 cm³/mol. The fourth-order valence-corrected chi connectivity index (χ4v) is 8.51. The van der Waals surface area contributed by atoms with E-state index in [0.29, 0.717) is 17.4 Å². The highest BCUT2D eigenvalue weighted by molar-refractivity contribution is 5.71. The van der Waals surface area contributed by atoms with Crippen LogP contribution in [0, 0.1) is 0 Å². The summed E-state index contributed by atoms with van der Waals surface area (Å²) >= 11 is 0. The Morgan fingerprint density at radius 2 is 0.667 bits per heavy atom. The first kappa shape index (κ1) is 76.4. The molecule has 0 radical (unpaired) electrons. The number of unbranched alkanes of at least 4 members (excludes halogenated alkanes) is 21. The van der Waals surface area contributed by atoms with E-state index in [1.54, 1.807) is 0 Å². The summed E-state index contributed by atoms with van der Waals surface area (Å²) in [6, 6.07) is 0. The van der Waals surface area contributed by atoms with Gasteiger partial charge in [0.1, 0.15) is 13.2 Å². The van der Waals surface area contributed by atoms with Gasteiger partial charge in [-0.25, -0.2) is 4.79 Å². The monoisotopic (exact) mass is 1130 g/mol. The molecule has 0 aromatic rings. The number of aliphatic carboxylic acids is 1. The lowest BCUT2D eigenvalue weighted by Crippen LogP contribution is -2.40. The molecule has 2 atom stereocenters. The number of carboxylic acid groups (broad SMARTS) is 1. The van der Waals surface area contributed by atoms with Gasteiger partial charge in [-0.05, 0) is 109 Å². The number of allylic oxidation sites excluding steroid dienone is 22. The number of esters is 2. The quantitative estimate of drug-likeness (QED) is 0.0211. The largest absolute Gasteiger partial charge is 0.477 e. The van der Waals surface area contributed by atoms with Crippen molar-refractivity contribution in [2.75, 3.05) is 47.5 Å². The average molecular weight is 1130 g/mol. The lowest BCUT2D eigenvalue weighted by Gasteiger charge is -2.25. The lowest BCUT2D eigenvalue weighted by molar-refractivity contribution is -0.870. The summed E-state index contributed by atoms with van der Waals surface area (Å²) in [6.45, 7) is 4.62. The Balaban J connectivity index is 4.06. The van der Waals surface area contributed by atoms with Crippen LogP contribution in [0.25, 0.3) is 0 Å². The number of quaternary nitrogens is 1. The van der Waals surface area contributed by atoms with Gasteiger partial charge in [0.05, 0.1) is 34.4 Å². The molecule has 0 fully saturated rings. The topological polar surface area (TPSA) is 108 Å². The lowest BCUT2D eigenvalue weighted by atomic mass is 10.0. The maximum absolute atomic E-state index is 12.9. The summed E-state index contributed by atoms with van der Waals surface area (Å²) in [7, 11) is 5.96. The minimum Gasteiger partial charge on any atom is -0.477 e. The molecule has 0 spiro atoms. The van der Waals surface area contributed by atoms with Crippen molar-refractivity contribution in [1.29, 1.82) is 0 Å². The number of nitrogens with zero attached hydrogens (tertiary/aromatic N) is 1. The second kappa shape index (κ2) is 61.5. The molecule has 0 saturated heterocycles. The van der Waals surface area contributed by atoms with Crippen LogP contribution in [0.15, 0.2) is 134 Å². The first-order valence-electron chi connectivity index (χ1n) is 32.3. The van der Waals surface area contributed by atoms with Crippen molar-refractivity contribution in [3.05, 3.63) is 134 Å². The van der Waals surface area contributed by atoms with Crippen molar-refractivity contribution >= 4 is 17.9 Å². The molecule has 0 aliphatic carbocycles. The number of rotatable bonds is 58. The van der Waals surface area contributed by atoms with E-state index in [-0.39, 0.29) is 38.6 Å². The van der Waals surface area contributed by atoms with Crippen LogP contribution in [-0.2, 0) is 33.3 Å². The summed E-state index contributed by atoms with van der Waals surface area (Å²) in [5.74, 6) is -2.03. The maximum atomic E-state index is 12.9. The first-order valence-corrected chi connectivity index (χ1v) is 32.3. The molecule has 0 aromatic carbocycles. The van der Waals surface area contributed by atoms with Crippen LogP contribution >= 0.6 is 0 Å². The molecule has 0 saturated carbocycles. The number of ether oxygens (including phenoxy) is 4. The van der Waals surface area contributed by atoms with E-state index in [9.17, 15) is 19.5 Å². The Labute approximate surface area is 497 Å². The van der Waals surface area contributed by atoms with Gasteiger partial charge in [-0.15, -0.1) is 0 Å². The molecule has 2 unspecified atom stereocenters. The van der Waals surface area contributed by atoms with Crippen molar-refractivity contribution in [2.24, 2.45) is 0 Å². The van der Waals surface area contributed by atoms with Crippen LogP contribution in [0.3, 0.4) is 0 Å². The number of hydrogen-bond acceptors (Lipinski definition) is 7. The number of hydrogen-bond donors (Lipinski definition) is 1. The van der Waals surface area contributed by atoms with E-state index in [1.807, 2.05) is 21.1 Å².